The van der Waals surface area contributed by atoms with E-state index in [9.17, 15) is 14.7 Å². The van der Waals surface area contributed by atoms with E-state index in [0.29, 0.717) is 11.4 Å². The van der Waals surface area contributed by atoms with Crippen molar-refractivity contribution in [2.24, 2.45) is 0 Å². The van der Waals surface area contributed by atoms with Crippen LogP contribution in [0.1, 0.15) is 11.3 Å². The van der Waals surface area contributed by atoms with E-state index in [1.54, 1.807) is 18.3 Å². The number of carboxylic acids is 1. The molecule has 1 aliphatic heterocycles. The summed E-state index contributed by atoms with van der Waals surface area (Å²) in [4.78, 5) is 29.0. The molecule has 0 spiro atoms. The van der Waals surface area contributed by atoms with Gasteiger partial charge in [-0.2, -0.15) is 0 Å². The maximum Gasteiger partial charge on any atom is 0.415 e. The molecule has 1 aliphatic rings. The lowest BCUT2D eigenvalue weighted by molar-refractivity contribution is -0.138. The zero-order valence-corrected chi connectivity index (χ0v) is 11.7. The minimum Gasteiger partial charge on any atom is -0.480 e. The van der Waals surface area contributed by atoms with Gasteiger partial charge >= 0.3 is 12.1 Å². The number of benzene rings is 1. The van der Waals surface area contributed by atoms with E-state index in [1.165, 1.54) is 0 Å². The van der Waals surface area contributed by atoms with Gasteiger partial charge in [0.2, 0.25) is 0 Å². The van der Waals surface area contributed by atoms with Gasteiger partial charge in [0.15, 0.2) is 0 Å². The van der Waals surface area contributed by atoms with Crippen LogP contribution < -0.4 is 4.90 Å². The lowest BCUT2D eigenvalue weighted by Gasteiger charge is -2.21. The number of hydrogen-bond donors (Lipinski definition) is 1. The van der Waals surface area contributed by atoms with Crippen LogP contribution >= 0.6 is 0 Å². The number of pyridine rings is 1. The fourth-order valence-corrected chi connectivity index (χ4v) is 2.46. The van der Waals surface area contributed by atoms with E-state index in [2.05, 4.69) is 4.98 Å². The fourth-order valence-electron chi connectivity index (χ4n) is 2.46. The minimum atomic E-state index is -1.07. The lowest BCUT2D eigenvalue weighted by atomic mass is 10.2. The maximum atomic E-state index is 12.3. The molecule has 2 heterocycles. The van der Waals surface area contributed by atoms with E-state index in [-0.39, 0.29) is 13.0 Å². The smallest absolute Gasteiger partial charge is 0.415 e. The van der Waals surface area contributed by atoms with Crippen molar-refractivity contribution in [1.29, 1.82) is 0 Å². The van der Waals surface area contributed by atoms with Gasteiger partial charge in [-0.3, -0.25) is 9.88 Å². The first-order valence-corrected chi connectivity index (χ1v) is 6.83. The average Bonchev–Trinajstić information content (AvgIpc) is 2.93. The van der Waals surface area contributed by atoms with E-state index < -0.39 is 18.1 Å². The van der Waals surface area contributed by atoms with Crippen molar-refractivity contribution in [3.8, 4) is 0 Å². The van der Waals surface area contributed by atoms with Gasteiger partial charge in [0.05, 0.1) is 11.4 Å². The first kappa shape index (κ1) is 14.1. The minimum absolute atomic E-state index is 0.0953. The largest absolute Gasteiger partial charge is 0.480 e. The summed E-state index contributed by atoms with van der Waals surface area (Å²) in [6, 6.07) is 11.6. The van der Waals surface area contributed by atoms with Crippen LogP contribution in [0.5, 0.6) is 0 Å². The number of hydrogen-bond acceptors (Lipinski definition) is 4. The molecule has 0 aliphatic carbocycles. The number of aromatic nitrogens is 1. The Labute approximate surface area is 127 Å². The Morgan fingerprint density at radius 2 is 2.00 bits per heavy atom. The summed E-state index contributed by atoms with van der Waals surface area (Å²) in [7, 11) is 0. The average molecular weight is 298 g/mol. The third-order valence-corrected chi connectivity index (χ3v) is 3.51. The lowest BCUT2D eigenvalue weighted by Crippen LogP contribution is -2.43. The van der Waals surface area contributed by atoms with E-state index in [4.69, 9.17) is 4.74 Å². The summed E-state index contributed by atoms with van der Waals surface area (Å²) in [5, 5.41) is 9.31. The van der Waals surface area contributed by atoms with E-state index in [0.717, 1.165) is 10.5 Å². The highest BCUT2D eigenvalue weighted by Crippen LogP contribution is 2.31. The number of amides is 1. The van der Waals surface area contributed by atoms with Crippen molar-refractivity contribution in [2.75, 3.05) is 4.90 Å². The number of ether oxygens (including phenoxy) is 1. The molecule has 0 fully saturated rings. The molecule has 22 heavy (non-hydrogen) atoms. The summed E-state index contributed by atoms with van der Waals surface area (Å²) < 4.78 is 5.25. The van der Waals surface area contributed by atoms with Gasteiger partial charge in [0, 0.05) is 12.6 Å². The molecule has 1 unspecified atom stereocenters. The number of carbonyl (C=O) groups excluding carboxylic acids is 1. The topological polar surface area (TPSA) is 79.7 Å². The highest BCUT2D eigenvalue weighted by atomic mass is 16.6. The Bertz CT molecular complexity index is 702. The molecule has 112 valence electrons. The van der Waals surface area contributed by atoms with Crippen LogP contribution in [0, 0.1) is 0 Å². The molecular weight excluding hydrogens is 284 g/mol. The number of aliphatic carboxylic acids is 1. The third kappa shape index (κ3) is 2.63. The molecule has 6 heteroatoms. The standard InChI is InChI=1S/C16H14N2O4/c19-15(20)14-9-12-13(7-4-8-17-12)18(14)16(21)22-10-11-5-2-1-3-6-11/h1-8,14H,9-10H2,(H,19,20). The van der Waals surface area contributed by atoms with Gasteiger partial charge in [0.1, 0.15) is 12.6 Å². The molecule has 3 rings (SSSR count). The van der Waals surface area contributed by atoms with Gasteiger partial charge in [0.25, 0.3) is 0 Å². The Kier molecular flexibility index (Phi) is 3.74. The number of anilines is 1. The van der Waals surface area contributed by atoms with E-state index >= 15 is 0 Å². The second kappa shape index (κ2) is 5.85. The molecule has 0 saturated heterocycles. The van der Waals surface area contributed by atoms with Crippen molar-refractivity contribution in [3.05, 3.63) is 59.9 Å². The molecular formula is C16H14N2O4. The van der Waals surface area contributed by atoms with Gasteiger partial charge in [-0.15, -0.1) is 0 Å². The fraction of sp³-hybridized carbons (Fsp3) is 0.188. The Morgan fingerprint density at radius 3 is 2.73 bits per heavy atom. The van der Waals surface area contributed by atoms with E-state index in [1.807, 2.05) is 30.3 Å². The van der Waals surface area contributed by atoms with Crippen LogP contribution in [0.3, 0.4) is 0 Å². The SMILES string of the molecule is O=C(O)C1Cc2ncccc2N1C(=O)OCc1ccccc1. The summed E-state index contributed by atoms with van der Waals surface area (Å²) in [5.74, 6) is -1.07. The molecule has 1 atom stereocenters. The summed E-state index contributed by atoms with van der Waals surface area (Å²) in [5.41, 5.74) is 1.92. The first-order valence-electron chi connectivity index (χ1n) is 6.83. The summed E-state index contributed by atoms with van der Waals surface area (Å²) >= 11 is 0. The van der Waals surface area contributed by atoms with Gasteiger partial charge in [-0.05, 0) is 17.7 Å². The monoisotopic (exact) mass is 298 g/mol. The number of rotatable bonds is 3. The Balaban J connectivity index is 1.78. The van der Waals surface area contributed by atoms with Crippen LogP contribution in [0.15, 0.2) is 48.7 Å². The Morgan fingerprint density at radius 1 is 1.23 bits per heavy atom. The first-order chi connectivity index (χ1) is 10.7. The Hall–Kier alpha value is -2.89. The number of fused-ring (bicyclic) bond motifs is 1. The molecule has 1 amide bonds. The normalized spacial score (nSPS) is 16.2. The quantitative estimate of drug-likeness (QED) is 0.940. The highest BCUT2D eigenvalue weighted by Gasteiger charge is 2.40. The van der Waals surface area contributed by atoms with Gasteiger partial charge < -0.3 is 9.84 Å². The van der Waals surface area contributed by atoms with Crippen LogP contribution in [-0.2, 0) is 22.6 Å². The molecule has 0 bridgehead atoms. The molecule has 1 aromatic heterocycles. The maximum absolute atomic E-state index is 12.3. The molecule has 2 aromatic rings. The van der Waals surface area contributed by atoms with Gasteiger partial charge in [-0.1, -0.05) is 30.3 Å². The zero-order chi connectivity index (χ0) is 15.5. The second-order valence-electron chi connectivity index (χ2n) is 4.94. The number of carbonyl (C=O) groups is 2. The molecule has 0 radical (unpaired) electrons. The van der Waals surface area contributed by atoms with Crippen molar-refractivity contribution in [2.45, 2.75) is 19.1 Å². The van der Waals surface area contributed by atoms with Crippen molar-refractivity contribution in [3.63, 3.8) is 0 Å². The molecule has 0 saturated carbocycles. The van der Waals surface area contributed by atoms with Crippen molar-refractivity contribution < 1.29 is 19.4 Å². The van der Waals surface area contributed by atoms with Crippen LogP contribution in [-0.4, -0.2) is 28.2 Å². The number of nitrogens with zero attached hydrogens (tertiary/aromatic N) is 2. The van der Waals surface area contributed by atoms with Crippen molar-refractivity contribution in [1.82, 2.24) is 4.98 Å². The van der Waals surface area contributed by atoms with Crippen molar-refractivity contribution >= 4 is 17.7 Å². The molecule has 6 nitrogen and oxygen atoms in total. The predicted octanol–water partition coefficient (Wildman–Crippen LogP) is 2.23. The molecule has 1 aromatic carbocycles. The predicted molar refractivity (Wildman–Crippen MR) is 78.5 cm³/mol. The number of carboxylic acid groups (broad SMARTS) is 1. The second-order valence-corrected chi connectivity index (χ2v) is 4.94. The third-order valence-electron chi connectivity index (χ3n) is 3.51. The van der Waals surface area contributed by atoms with Crippen LogP contribution in [0.25, 0.3) is 0 Å². The van der Waals surface area contributed by atoms with Crippen LogP contribution in [0.2, 0.25) is 0 Å². The molecule has 1 N–H and O–H groups in total. The highest BCUT2D eigenvalue weighted by molar-refractivity contribution is 5.98. The summed E-state index contributed by atoms with van der Waals surface area (Å²) in [6.07, 6.45) is 1.09. The summed E-state index contributed by atoms with van der Waals surface area (Å²) in [6.45, 7) is 0.0953. The zero-order valence-electron chi connectivity index (χ0n) is 11.7. The van der Waals surface area contributed by atoms with Gasteiger partial charge in [-0.25, -0.2) is 9.59 Å². The van der Waals surface area contributed by atoms with Crippen LogP contribution in [0.4, 0.5) is 10.5 Å².